The molecule has 0 aliphatic rings. The van der Waals surface area contributed by atoms with Gasteiger partial charge < -0.3 is 9.42 Å². The third-order valence-corrected chi connectivity index (χ3v) is 4.76. The number of nitrogens with zero attached hydrogens (tertiary/aromatic N) is 2. The minimum Gasteiger partial charge on any atom is -0.361 e. The van der Waals surface area contributed by atoms with E-state index in [1.807, 2.05) is 44.2 Å². The van der Waals surface area contributed by atoms with E-state index < -0.39 is 0 Å². The molecule has 1 heterocycles. The molecule has 26 heavy (non-hydrogen) atoms. The number of aromatic nitrogens is 1. The van der Waals surface area contributed by atoms with Crippen LogP contribution in [-0.2, 0) is 13.0 Å². The summed E-state index contributed by atoms with van der Waals surface area (Å²) in [5, 5.41) is 3.95. The summed E-state index contributed by atoms with van der Waals surface area (Å²) in [7, 11) is 1.80. The van der Waals surface area contributed by atoms with Crippen molar-refractivity contribution in [3.63, 3.8) is 0 Å². The highest BCUT2D eigenvalue weighted by molar-refractivity contribution is 5.94. The monoisotopic (exact) mass is 348 g/mol. The number of rotatable bonds is 5. The Balaban J connectivity index is 1.78. The first-order chi connectivity index (χ1) is 12.5. The first-order valence-electron chi connectivity index (χ1n) is 8.86. The molecule has 0 saturated heterocycles. The number of amides is 1. The summed E-state index contributed by atoms with van der Waals surface area (Å²) in [6, 6.07) is 16.2. The Kier molecular flexibility index (Phi) is 5.21. The molecule has 3 aromatic rings. The fraction of sp³-hybridized carbons (Fsp3) is 0.273. The Hall–Kier alpha value is -2.88. The number of hydrogen-bond acceptors (Lipinski definition) is 3. The highest BCUT2D eigenvalue weighted by atomic mass is 16.5. The maximum Gasteiger partial charge on any atom is 0.253 e. The van der Waals surface area contributed by atoms with Crippen LogP contribution in [0.25, 0.3) is 11.1 Å². The van der Waals surface area contributed by atoms with Crippen molar-refractivity contribution in [2.24, 2.45) is 0 Å². The largest absolute Gasteiger partial charge is 0.361 e. The van der Waals surface area contributed by atoms with Gasteiger partial charge in [0, 0.05) is 18.2 Å². The van der Waals surface area contributed by atoms with Gasteiger partial charge >= 0.3 is 0 Å². The van der Waals surface area contributed by atoms with Crippen LogP contribution in [0, 0.1) is 13.8 Å². The lowest BCUT2D eigenvalue weighted by molar-refractivity contribution is 0.0784. The van der Waals surface area contributed by atoms with Crippen molar-refractivity contribution < 1.29 is 9.32 Å². The fourth-order valence-electron chi connectivity index (χ4n) is 3.16. The zero-order valence-electron chi connectivity index (χ0n) is 15.7. The van der Waals surface area contributed by atoms with Crippen molar-refractivity contribution >= 4 is 5.91 Å². The van der Waals surface area contributed by atoms with Crippen molar-refractivity contribution in [3.8, 4) is 11.1 Å². The second-order valence-corrected chi connectivity index (χ2v) is 6.55. The average molecular weight is 348 g/mol. The van der Waals surface area contributed by atoms with Gasteiger partial charge in [-0.1, -0.05) is 48.5 Å². The summed E-state index contributed by atoms with van der Waals surface area (Å²) in [5.41, 5.74) is 6.13. The summed E-state index contributed by atoms with van der Waals surface area (Å²) in [5.74, 6) is 0.744. The van der Waals surface area contributed by atoms with Crippen molar-refractivity contribution in [1.29, 1.82) is 0 Å². The molecule has 3 rings (SSSR count). The van der Waals surface area contributed by atoms with Crippen molar-refractivity contribution in [2.75, 3.05) is 7.05 Å². The second kappa shape index (κ2) is 7.56. The summed E-state index contributed by atoms with van der Waals surface area (Å²) in [6.07, 6.45) is 0.983. The van der Waals surface area contributed by atoms with Crippen LogP contribution >= 0.6 is 0 Å². The van der Waals surface area contributed by atoms with Crippen LogP contribution < -0.4 is 0 Å². The molecule has 0 radical (unpaired) electrons. The molecule has 0 fully saturated rings. The lowest BCUT2D eigenvalue weighted by atomic mass is 9.97. The molecule has 0 bridgehead atoms. The quantitative estimate of drug-likeness (QED) is 0.666. The van der Waals surface area contributed by atoms with Crippen LogP contribution in [0.2, 0.25) is 0 Å². The lowest BCUT2D eigenvalue weighted by Gasteiger charge is -2.17. The van der Waals surface area contributed by atoms with E-state index in [2.05, 4.69) is 30.3 Å². The van der Waals surface area contributed by atoms with E-state index in [1.165, 1.54) is 11.1 Å². The molecule has 0 aliphatic carbocycles. The van der Waals surface area contributed by atoms with Crippen molar-refractivity contribution in [3.05, 3.63) is 76.7 Å². The maximum atomic E-state index is 12.7. The van der Waals surface area contributed by atoms with Crippen LogP contribution in [0.3, 0.4) is 0 Å². The van der Waals surface area contributed by atoms with Crippen LogP contribution in [0.15, 0.2) is 53.1 Å². The molecule has 0 unspecified atom stereocenters. The van der Waals surface area contributed by atoms with E-state index in [-0.39, 0.29) is 5.91 Å². The first kappa shape index (κ1) is 17.9. The minimum atomic E-state index is -0.0136. The van der Waals surface area contributed by atoms with E-state index in [1.54, 1.807) is 11.9 Å². The Morgan fingerprint density at radius 1 is 1.08 bits per heavy atom. The van der Waals surface area contributed by atoms with Gasteiger partial charge in [-0.3, -0.25) is 4.79 Å². The van der Waals surface area contributed by atoms with Gasteiger partial charge in [-0.25, -0.2) is 0 Å². The Morgan fingerprint density at radius 3 is 2.38 bits per heavy atom. The number of carbonyl (C=O) groups excluding carboxylic acids is 1. The van der Waals surface area contributed by atoms with Crippen LogP contribution in [0.4, 0.5) is 0 Å². The summed E-state index contributed by atoms with van der Waals surface area (Å²) in [4.78, 5) is 14.4. The molecule has 0 saturated carbocycles. The average Bonchev–Trinajstić information content (AvgIpc) is 2.99. The van der Waals surface area contributed by atoms with Crippen molar-refractivity contribution in [1.82, 2.24) is 10.1 Å². The highest BCUT2D eigenvalue weighted by Gasteiger charge is 2.17. The van der Waals surface area contributed by atoms with Gasteiger partial charge in [-0.05, 0) is 49.1 Å². The molecule has 4 nitrogen and oxygen atoms in total. The molecule has 0 aliphatic heterocycles. The third-order valence-electron chi connectivity index (χ3n) is 4.76. The predicted molar refractivity (Wildman–Crippen MR) is 103 cm³/mol. The number of benzene rings is 2. The molecule has 4 heteroatoms. The molecule has 2 aromatic carbocycles. The molecule has 0 N–H and O–H groups in total. The first-order valence-corrected chi connectivity index (χ1v) is 8.86. The topological polar surface area (TPSA) is 46.3 Å². The Morgan fingerprint density at radius 2 is 1.77 bits per heavy atom. The Bertz CT molecular complexity index is 891. The number of carbonyl (C=O) groups is 1. The van der Waals surface area contributed by atoms with Gasteiger partial charge in [0.2, 0.25) is 0 Å². The van der Waals surface area contributed by atoms with Crippen LogP contribution in [0.5, 0.6) is 0 Å². The predicted octanol–water partition coefficient (Wildman–Crippen LogP) is 4.79. The standard InChI is InChI=1S/C22H24N2O2/c1-5-17-8-6-7-9-20(17)18-10-12-19(13-11-18)22(25)24(4)14-21-15(2)23-26-16(21)3/h6-13H,5,14H2,1-4H3. The van der Waals surface area contributed by atoms with Gasteiger partial charge in [-0.15, -0.1) is 0 Å². The Labute approximate surface area is 154 Å². The molecule has 1 amide bonds. The molecular weight excluding hydrogens is 324 g/mol. The molecule has 1 aromatic heterocycles. The van der Waals surface area contributed by atoms with E-state index in [0.29, 0.717) is 12.1 Å². The molecule has 0 atom stereocenters. The van der Waals surface area contributed by atoms with E-state index >= 15 is 0 Å². The SMILES string of the molecule is CCc1ccccc1-c1ccc(C(=O)N(C)Cc2c(C)noc2C)cc1. The fourth-order valence-corrected chi connectivity index (χ4v) is 3.16. The van der Waals surface area contributed by atoms with E-state index in [4.69, 9.17) is 4.52 Å². The molecule has 134 valence electrons. The van der Waals surface area contributed by atoms with E-state index in [9.17, 15) is 4.79 Å². The smallest absolute Gasteiger partial charge is 0.253 e. The van der Waals surface area contributed by atoms with Gasteiger partial charge in [-0.2, -0.15) is 0 Å². The molecular formula is C22H24N2O2. The van der Waals surface area contributed by atoms with Gasteiger partial charge in [0.1, 0.15) is 5.76 Å². The summed E-state index contributed by atoms with van der Waals surface area (Å²) in [6.45, 7) is 6.40. The van der Waals surface area contributed by atoms with Crippen LogP contribution in [0.1, 0.15) is 39.9 Å². The van der Waals surface area contributed by atoms with E-state index in [0.717, 1.165) is 29.0 Å². The zero-order chi connectivity index (χ0) is 18.7. The molecule has 0 spiro atoms. The van der Waals surface area contributed by atoms with Gasteiger partial charge in [0.25, 0.3) is 5.91 Å². The van der Waals surface area contributed by atoms with Gasteiger partial charge in [0.05, 0.1) is 12.2 Å². The minimum absolute atomic E-state index is 0.0136. The summed E-state index contributed by atoms with van der Waals surface area (Å²) < 4.78 is 5.18. The summed E-state index contributed by atoms with van der Waals surface area (Å²) >= 11 is 0. The maximum absolute atomic E-state index is 12.7. The highest BCUT2D eigenvalue weighted by Crippen LogP contribution is 2.25. The zero-order valence-corrected chi connectivity index (χ0v) is 15.7. The normalized spacial score (nSPS) is 10.8. The number of hydrogen-bond donors (Lipinski definition) is 0. The second-order valence-electron chi connectivity index (χ2n) is 6.55. The van der Waals surface area contributed by atoms with Gasteiger partial charge in [0.15, 0.2) is 0 Å². The number of aryl methyl sites for hydroxylation is 3. The lowest BCUT2D eigenvalue weighted by Crippen LogP contribution is -2.26. The third kappa shape index (κ3) is 3.54. The van der Waals surface area contributed by atoms with Crippen LogP contribution in [-0.4, -0.2) is 23.0 Å². The van der Waals surface area contributed by atoms with Crippen molar-refractivity contribution in [2.45, 2.75) is 33.7 Å².